The van der Waals surface area contributed by atoms with Crippen molar-refractivity contribution >= 4 is 35.2 Å². The van der Waals surface area contributed by atoms with Crippen molar-refractivity contribution in [3.05, 3.63) is 95.6 Å². The van der Waals surface area contributed by atoms with E-state index in [0.717, 1.165) is 16.0 Å². The maximum atomic E-state index is 12.6. The Hall–Kier alpha value is -3.58. The molecule has 1 atom stereocenters. The monoisotopic (exact) mass is 446 g/mol. The smallest absolute Gasteiger partial charge is 0.338 e. The molecule has 0 bridgehead atoms. The van der Waals surface area contributed by atoms with Gasteiger partial charge in [-0.05, 0) is 35.7 Å². The fourth-order valence-corrected chi connectivity index (χ4v) is 4.24. The van der Waals surface area contributed by atoms with Gasteiger partial charge in [-0.2, -0.15) is 0 Å². The lowest BCUT2D eigenvalue weighted by atomic mass is 9.99. The van der Waals surface area contributed by atoms with Gasteiger partial charge in [-0.3, -0.25) is 9.59 Å². The summed E-state index contributed by atoms with van der Waals surface area (Å²) >= 11 is 1.41. The number of esters is 1. The van der Waals surface area contributed by atoms with Gasteiger partial charge in [-0.1, -0.05) is 60.7 Å². The van der Waals surface area contributed by atoms with E-state index in [0.29, 0.717) is 17.9 Å². The lowest BCUT2D eigenvalue weighted by Gasteiger charge is -2.20. The van der Waals surface area contributed by atoms with Crippen molar-refractivity contribution in [2.45, 2.75) is 17.4 Å². The number of anilines is 1. The minimum absolute atomic E-state index is 0.113. The van der Waals surface area contributed by atoms with Gasteiger partial charge in [0.25, 0.3) is 5.91 Å². The Balaban J connectivity index is 1.38. The van der Waals surface area contributed by atoms with Gasteiger partial charge in [0.1, 0.15) is 0 Å². The standard InChI is InChI=1S/C25H22N2O4S/c28-23(15-31-25(30)19-11-12-22-21(14-19)27-24(29)16-32-22)26-20(18-9-5-2-6-10-18)13-17-7-3-1-4-8-17/h1-12,14,20H,13,15-16H2,(H,26,28)(H,27,29). The van der Waals surface area contributed by atoms with E-state index in [1.54, 1.807) is 18.2 Å². The zero-order valence-electron chi connectivity index (χ0n) is 17.2. The molecular weight excluding hydrogens is 424 g/mol. The summed E-state index contributed by atoms with van der Waals surface area (Å²) in [4.78, 5) is 37.5. The van der Waals surface area contributed by atoms with Gasteiger partial charge < -0.3 is 15.4 Å². The molecule has 2 N–H and O–H groups in total. The molecule has 32 heavy (non-hydrogen) atoms. The van der Waals surface area contributed by atoms with Crippen LogP contribution in [0.25, 0.3) is 0 Å². The Morgan fingerprint density at radius 1 is 1.00 bits per heavy atom. The van der Waals surface area contributed by atoms with E-state index in [4.69, 9.17) is 4.74 Å². The Labute approximate surface area is 190 Å². The molecule has 0 saturated carbocycles. The number of ether oxygens (including phenoxy) is 1. The van der Waals surface area contributed by atoms with Gasteiger partial charge in [0.2, 0.25) is 5.91 Å². The summed E-state index contributed by atoms with van der Waals surface area (Å²) in [6.07, 6.45) is 0.618. The third-order valence-electron chi connectivity index (χ3n) is 5.00. The highest BCUT2D eigenvalue weighted by molar-refractivity contribution is 8.00. The molecule has 3 aromatic rings. The second kappa shape index (κ2) is 10.2. The molecule has 0 aromatic heterocycles. The summed E-state index contributed by atoms with van der Waals surface area (Å²) in [5, 5.41) is 5.71. The summed E-state index contributed by atoms with van der Waals surface area (Å²) in [5.74, 6) is -0.766. The van der Waals surface area contributed by atoms with Gasteiger partial charge in [-0.15, -0.1) is 11.8 Å². The fraction of sp³-hybridized carbons (Fsp3) is 0.160. The first kappa shape index (κ1) is 21.6. The van der Waals surface area contributed by atoms with Crippen LogP contribution in [-0.2, 0) is 20.7 Å². The number of carbonyl (C=O) groups excluding carboxylic acids is 3. The third-order valence-corrected chi connectivity index (χ3v) is 6.08. The molecular formula is C25H22N2O4S. The molecule has 0 fully saturated rings. The van der Waals surface area contributed by atoms with Crippen molar-refractivity contribution in [3.63, 3.8) is 0 Å². The summed E-state index contributed by atoms with van der Waals surface area (Å²) in [6, 6.07) is 24.3. The second-order valence-electron chi connectivity index (χ2n) is 7.34. The zero-order valence-corrected chi connectivity index (χ0v) is 18.1. The Morgan fingerprint density at radius 3 is 2.47 bits per heavy atom. The molecule has 162 valence electrons. The minimum atomic E-state index is -0.618. The lowest BCUT2D eigenvalue weighted by Crippen LogP contribution is -2.33. The van der Waals surface area contributed by atoms with Gasteiger partial charge in [0.05, 0.1) is 23.0 Å². The average molecular weight is 447 g/mol. The van der Waals surface area contributed by atoms with Crippen molar-refractivity contribution in [3.8, 4) is 0 Å². The normalized spacial score (nSPS) is 13.4. The molecule has 0 saturated heterocycles. The van der Waals surface area contributed by atoms with Crippen molar-refractivity contribution in [1.29, 1.82) is 0 Å². The van der Waals surface area contributed by atoms with Crippen LogP contribution in [0.5, 0.6) is 0 Å². The topological polar surface area (TPSA) is 84.5 Å². The summed E-state index contributed by atoms with van der Waals surface area (Å²) in [5.41, 5.74) is 2.92. The van der Waals surface area contributed by atoms with Crippen LogP contribution in [0.15, 0.2) is 83.8 Å². The van der Waals surface area contributed by atoms with Gasteiger partial charge in [0.15, 0.2) is 6.61 Å². The number of nitrogens with one attached hydrogen (secondary N) is 2. The molecule has 7 heteroatoms. The van der Waals surface area contributed by atoms with E-state index >= 15 is 0 Å². The predicted molar refractivity (Wildman–Crippen MR) is 124 cm³/mol. The Morgan fingerprint density at radius 2 is 1.72 bits per heavy atom. The number of thioether (sulfide) groups is 1. The molecule has 1 heterocycles. The number of benzene rings is 3. The van der Waals surface area contributed by atoms with E-state index in [9.17, 15) is 14.4 Å². The van der Waals surface area contributed by atoms with E-state index in [1.807, 2.05) is 60.7 Å². The number of rotatable bonds is 7. The van der Waals surface area contributed by atoms with Crippen LogP contribution in [0.2, 0.25) is 0 Å². The second-order valence-corrected chi connectivity index (χ2v) is 8.36. The van der Waals surface area contributed by atoms with Crippen molar-refractivity contribution in [1.82, 2.24) is 5.32 Å². The number of hydrogen-bond acceptors (Lipinski definition) is 5. The SMILES string of the molecule is O=C1CSc2ccc(C(=O)OCC(=O)NC(Cc3ccccc3)c3ccccc3)cc2N1. The molecule has 4 rings (SSSR count). The third kappa shape index (κ3) is 5.56. The molecule has 3 aromatic carbocycles. The Kier molecular flexibility index (Phi) is 6.87. The van der Waals surface area contributed by atoms with Crippen LogP contribution in [0, 0.1) is 0 Å². The van der Waals surface area contributed by atoms with E-state index in [-0.39, 0.29) is 23.4 Å². The summed E-state index contributed by atoms with van der Waals surface area (Å²) in [7, 11) is 0. The van der Waals surface area contributed by atoms with E-state index in [2.05, 4.69) is 10.6 Å². The van der Waals surface area contributed by atoms with E-state index < -0.39 is 12.6 Å². The van der Waals surface area contributed by atoms with Crippen LogP contribution in [0.1, 0.15) is 27.5 Å². The molecule has 6 nitrogen and oxygen atoms in total. The molecule has 0 spiro atoms. The van der Waals surface area contributed by atoms with Crippen LogP contribution in [-0.4, -0.2) is 30.1 Å². The maximum absolute atomic E-state index is 12.6. The maximum Gasteiger partial charge on any atom is 0.338 e. The average Bonchev–Trinajstić information content (AvgIpc) is 2.83. The number of fused-ring (bicyclic) bond motifs is 1. The molecule has 1 aliphatic heterocycles. The summed E-state index contributed by atoms with van der Waals surface area (Å²) < 4.78 is 5.22. The van der Waals surface area contributed by atoms with E-state index in [1.165, 1.54) is 11.8 Å². The quantitative estimate of drug-likeness (QED) is 0.536. The highest BCUT2D eigenvalue weighted by atomic mass is 32.2. The van der Waals surface area contributed by atoms with Crippen LogP contribution >= 0.6 is 11.8 Å². The van der Waals surface area contributed by atoms with Gasteiger partial charge >= 0.3 is 5.97 Å². The van der Waals surface area contributed by atoms with Crippen molar-refractivity contribution in [2.24, 2.45) is 0 Å². The first-order chi connectivity index (χ1) is 15.6. The summed E-state index contributed by atoms with van der Waals surface area (Å²) in [6.45, 7) is -0.394. The van der Waals surface area contributed by atoms with Crippen molar-refractivity contribution in [2.75, 3.05) is 17.7 Å². The van der Waals surface area contributed by atoms with Crippen LogP contribution < -0.4 is 10.6 Å². The van der Waals surface area contributed by atoms with Crippen LogP contribution in [0.4, 0.5) is 5.69 Å². The molecule has 2 amide bonds. The van der Waals surface area contributed by atoms with Gasteiger partial charge in [-0.25, -0.2) is 4.79 Å². The highest BCUT2D eigenvalue weighted by Crippen LogP contribution is 2.32. The van der Waals surface area contributed by atoms with Crippen LogP contribution in [0.3, 0.4) is 0 Å². The van der Waals surface area contributed by atoms with Gasteiger partial charge in [0, 0.05) is 4.90 Å². The minimum Gasteiger partial charge on any atom is -0.452 e. The van der Waals surface area contributed by atoms with Crippen molar-refractivity contribution < 1.29 is 19.1 Å². The number of hydrogen-bond donors (Lipinski definition) is 2. The highest BCUT2D eigenvalue weighted by Gasteiger charge is 2.20. The molecule has 0 aliphatic carbocycles. The molecule has 0 radical (unpaired) electrons. The molecule has 1 unspecified atom stereocenters. The predicted octanol–water partition coefficient (Wildman–Crippen LogP) is 3.99. The molecule has 1 aliphatic rings. The first-order valence-corrected chi connectivity index (χ1v) is 11.2. The fourth-order valence-electron chi connectivity index (χ4n) is 3.45. The first-order valence-electron chi connectivity index (χ1n) is 10.2. The Bertz CT molecular complexity index is 1120. The lowest BCUT2D eigenvalue weighted by molar-refractivity contribution is -0.125. The zero-order chi connectivity index (χ0) is 22.3. The number of carbonyl (C=O) groups is 3. The number of amides is 2. The largest absolute Gasteiger partial charge is 0.452 e.